The van der Waals surface area contributed by atoms with E-state index in [1.807, 2.05) is 41.0 Å². The monoisotopic (exact) mass is 331 g/mol. The molecule has 0 aliphatic heterocycles. The summed E-state index contributed by atoms with van der Waals surface area (Å²) in [6, 6.07) is 13.0. The topological polar surface area (TPSA) is 47.4 Å². The van der Waals surface area contributed by atoms with E-state index >= 15 is 0 Å². The third-order valence-electron chi connectivity index (χ3n) is 4.11. The second kappa shape index (κ2) is 6.95. The third-order valence-corrected chi connectivity index (χ3v) is 4.11. The highest BCUT2D eigenvalue weighted by Crippen LogP contribution is 2.18. The minimum absolute atomic E-state index is 0.0821. The maximum Gasteiger partial charge on any atom is 0.198 e. The van der Waals surface area contributed by atoms with Crippen molar-refractivity contribution in [2.24, 2.45) is 0 Å². The lowest BCUT2D eigenvalue weighted by molar-refractivity contribution is -0.0525. The number of aromatic nitrogens is 2. The van der Waals surface area contributed by atoms with E-state index in [0.29, 0.717) is 28.8 Å². The van der Waals surface area contributed by atoms with Crippen LogP contribution in [0.1, 0.15) is 11.3 Å². The smallest absolute Gasteiger partial charge is 0.198 e. The molecule has 0 saturated heterocycles. The Morgan fingerprint density at radius 2 is 2.04 bits per heavy atom. The Morgan fingerprint density at radius 1 is 1.28 bits per heavy atom. The van der Waals surface area contributed by atoms with Crippen LogP contribution in [-0.2, 0) is 11.4 Å². The van der Waals surface area contributed by atoms with E-state index in [2.05, 4.69) is 11.6 Å². The fraction of sp³-hybridized carbons (Fsp3) is 0.158. The summed E-state index contributed by atoms with van der Waals surface area (Å²) in [6.07, 6.45) is 1.79. The van der Waals surface area contributed by atoms with Gasteiger partial charge in [0.15, 0.2) is 5.43 Å². The molecule has 0 spiro atoms. The van der Waals surface area contributed by atoms with Crippen LogP contribution >= 0.6 is 0 Å². The number of hydroxylamine groups is 2. The van der Waals surface area contributed by atoms with Gasteiger partial charge in [0.1, 0.15) is 7.85 Å². The molecule has 2 aromatic heterocycles. The van der Waals surface area contributed by atoms with Crippen molar-refractivity contribution in [2.45, 2.75) is 6.54 Å². The van der Waals surface area contributed by atoms with Crippen molar-refractivity contribution in [3.8, 4) is 0 Å². The molecule has 0 amide bonds. The van der Waals surface area contributed by atoms with E-state index in [1.54, 1.807) is 19.3 Å². The van der Waals surface area contributed by atoms with Gasteiger partial charge in [0.05, 0.1) is 36.1 Å². The van der Waals surface area contributed by atoms with Crippen molar-refractivity contribution in [1.29, 1.82) is 0 Å². The number of rotatable bonds is 5. The lowest BCUT2D eigenvalue weighted by atomic mass is 10.0. The van der Waals surface area contributed by atoms with Crippen molar-refractivity contribution >= 4 is 30.0 Å². The molecule has 3 rings (SSSR count). The molecular formula is C19H18BN3O2. The molecule has 0 atom stereocenters. The minimum Gasteiger partial charge on any atom is -0.341 e. The molecule has 0 saturated carbocycles. The number of nitrogens with zero attached hydrogens (tertiary/aromatic N) is 3. The first-order valence-corrected chi connectivity index (χ1v) is 7.82. The van der Waals surface area contributed by atoms with Gasteiger partial charge in [0.25, 0.3) is 0 Å². The van der Waals surface area contributed by atoms with Crippen molar-refractivity contribution in [1.82, 2.24) is 14.6 Å². The predicted octanol–water partition coefficient (Wildman–Crippen LogP) is 1.70. The highest BCUT2D eigenvalue weighted by molar-refractivity contribution is 6.30. The van der Waals surface area contributed by atoms with E-state index in [0.717, 1.165) is 11.2 Å². The van der Waals surface area contributed by atoms with Gasteiger partial charge in [-0.3, -0.25) is 19.7 Å². The molecule has 0 fully saturated rings. The standard InChI is InChI=1S/C19H18BN3O2/c1-13(22(2)25-3)16-12-23(11-14-7-6-10-18(20)21-14)17-9-5-4-8-15(17)19(16)24/h4-10,12H,1,11H2,2-3H3. The van der Waals surface area contributed by atoms with Crippen molar-refractivity contribution in [3.05, 3.63) is 76.7 Å². The maximum atomic E-state index is 12.9. The summed E-state index contributed by atoms with van der Waals surface area (Å²) in [5, 5.41) is 2.09. The maximum absolute atomic E-state index is 12.9. The molecule has 1 aromatic carbocycles. The van der Waals surface area contributed by atoms with Crippen LogP contribution in [-0.4, -0.2) is 36.6 Å². The molecule has 5 nitrogen and oxygen atoms in total. The molecular weight excluding hydrogens is 313 g/mol. The Bertz CT molecular complexity index is 997. The first kappa shape index (κ1) is 17.0. The van der Waals surface area contributed by atoms with Gasteiger partial charge in [-0.25, -0.2) is 0 Å². The summed E-state index contributed by atoms with van der Waals surface area (Å²) < 4.78 is 1.97. The third kappa shape index (κ3) is 3.34. The van der Waals surface area contributed by atoms with Crippen molar-refractivity contribution < 1.29 is 4.84 Å². The molecule has 0 unspecified atom stereocenters. The number of pyridine rings is 2. The molecule has 3 aromatic rings. The normalized spacial score (nSPS) is 10.8. The predicted molar refractivity (Wildman–Crippen MR) is 101 cm³/mol. The van der Waals surface area contributed by atoms with Crippen LogP contribution in [0.5, 0.6) is 0 Å². The summed E-state index contributed by atoms with van der Waals surface area (Å²) in [5.41, 5.74) is 2.99. The molecule has 0 aliphatic rings. The summed E-state index contributed by atoms with van der Waals surface area (Å²) >= 11 is 0. The van der Waals surface area contributed by atoms with Crippen LogP contribution < -0.4 is 11.0 Å². The molecule has 0 bridgehead atoms. The fourth-order valence-electron chi connectivity index (χ4n) is 2.72. The van der Waals surface area contributed by atoms with Crippen LogP contribution in [0, 0.1) is 0 Å². The molecule has 0 aliphatic carbocycles. The quantitative estimate of drug-likeness (QED) is 0.527. The Hall–Kier alpha value is -2.86. The van der Waals surface area contributed by atoms with Gasteiger partial charge in [0, 0.05) is 18.6 Å². The van der Waals surface area contributed by atoms with Crippen LogP contribution in [0.3, 0.4) is 0 Å². The molecule has 2 radical (unpaired) electrons. The van der Waals surface area contributed by atoms with Gasteiger partial charge in [0.2, 0.25) is 0 Å². The number of hydrogen-bond acceptors (Lipinski definition) is 4. The van der Waals surface area contributed by atoms with Gasteiger partial charge in [-0.15, -0.1) is 0 Å². The average molecular weight is 331 g/mol. The summed E-state index contributed by atoms with van der Waals surface area (Å²) in [7, 11) is 9.02. The first-order chi connectivity index (χ1) is 12.0. The number of benzene rings is 1. The van der Waals surface area contributed by atoms with Gasteiger partial charge in [-0.1, -0.05) is 30.8 Å². The molecule has 0 N–H and O–H groups in total. The largest absolute Gasteiger partial charge is 0.341 e. The number of para-hydroxylation sites is 1. The van der Waals surface area contributed by atoms with E-state index in [-0.39, 0.29) is 5.43 Å². The molecule has 25 heavy (non-hydrogen) atoms. The Kier molecular flexibility index (Phi) is 4.72. The molecule has 6 heteroatoms. The number of hydrogen-bond donors (Lipinski definition) is 0. The van der Waals surface area contributed by atoms with Gasteiger partial charge in [-0.05, 0) is 23.8 Å². The van der Waals surface area contributed by atoms with Crippen LogP contribution in [0.25, 0.3) is 16.6 Å². The number of fused-ring (bicyclic) bond motifs is 1. The van der Waals surface area contributed by atoms with E-state index < -0.39 is 0 Å². The van der Waals surface area contributed by atoms with E-state index in [1.165, 1.54) is 12.2 Å². The highest BCUT2D eigenvalue weighted by Gasteiger charge is 2.14. The first-order valence-electron chi connectivity index (χ1n) is 7.82. The average Bonchev–Trinajstić information content (AvgIpc) is 2.63. The SMILES string of the molecule is [B]c1cccc(Cn2cc(C(=C)N(C)OC)c(=O)c3ccccc32)n1. The van der Waals surface area contributed by atoms with Crippen LogP contribution in [0.15, 0.2) is 60.0 Å². The second-order valence-corrected chi connectivity index (χ2v) is 5.70. The molecule has 124 valence electrons. The lowest BCUT2D eigenvalue weighted by Gasteiger charge is -2.20. The van der Waals surface area contributed by atoms with Crippen LogP contribution in [0.2, 0.25) is 0 Å². The van der Waals surface area contributed by atoms with Crippen LogP contribution in [0.4, 0.5) is 0 Å². The minimum atomic E-state index is -0.0821. The summed E-state index contributed by atoms with van der Waals surface area (Å²) in [4.78, 5) is 22.4. The Labute approximate surface area is 147 Å². The van der Waals surface area contributed by atoms with Gasteiger partial charge < -0.3 is 4.57 Å². The summed E-state index contributed by atoms with van der Waals surface area (Å²) in [6.45, 7) is 4.47. The van der Waals surface area contributed by atoms with Crippen molar-refractivity contribution in [2.75, 3.05) is 14.2 Å². The van der Waals surface area contributed by atoms with Gasteiger partial charge >= 0.3 is 0 Å². The molecule has 2 heterocycles. The highest BCUT2D eigenvalue weighted by atomic mass is 16.7. The van der Waals surface area contributed by atoms with Gasteiger partial charge in [-0.2, -0.15) is 0 Å². The van der Waals surface area contributed by atoms with E-state index in [4.69, 9.17) is 12.7 Å². The lowest BCUT2D eigenvalue weighted by Crippen LogP contribution is -2.22. The zero-order valence-electron chi connectivity index (χ0n) is 14.3. The fourth-order valence-corrected chi connectivity index (χ4v) is 2.72. The van der Waals surface area contributed by atoms with E-state index in [9.17, 15) is 4.79 Å². The zero-order valence-corrected chi connectivity index (χ0v) is 14.3. The summed E-state index contributed by atoms with van der Waals surface area (Å²) in [5.74, 6) is 0. The Morgan fingerprint density at radius 3 is 2.76 bits per heavy atom. The Balaban J connectivity index is 2.18. The second-order valence-electron chi connectivity index (χ2n) is 5.70. The van der Waals surface area contributed by atoms with Crippen molar-refractivity contribution in [3.63, 3.8) is 0 Å². The zero-order chi connectivity index (χ0) is 18.0.